The molecule has 0 fully saturated rings. The Morgan fingerprint density at radius 1 is 1.11 bits per heavy atom. The zero-order chi connectivity index (χ0) is 12.8. The normalized spacial score (nSPS) is 10.8. The van der Waals surface area contributed by atoms with Crippen LogP contribution < -0.4 is 14.8 Å². The summed E-state index contributed by atoms with van der Waals surface area (Å²) in [5.41, 5.74) is 1.14. The average molecular weight is 281 g/mol. The lowest BCUT2D eigenvalue weighted by Gasteiger charge is -2.11. The highest BCUT2D eigenvalue weighted by atomic mass is 35.7. The highest BCUT2D eigenvalue weighted by Gasteiger charge is 2.05. The van der Waals surface area contributed by atoms with Crippen LogP contribution in [0.1, 0.15) is 5.56 Å². The van der Waals surface area contributed by atoms with Crippen LogP contribution in [0.15, 0.2) is 48.5 Å². The first-order valence-electron chi connectivity index (χ1n) is 5.55. The lowest BCUT2D eigenvalue weighted by molar-refractivity contribution is 0.308. The molecule has 1 unspecified atom stereocenters. The van der Waals surface area contributed by atoms with Crippen molar-refractivity contribution in [2.75, 3.05) is 7.11 Å². The van der Waals surface area contributed by atoms with Crippen molar-refractivity contribution < 1.29 is 9.47 Å². The number of methoxy groups -OCH3 is 1. The van der Waals surface area contributed by atoms with E-state index < -0.39 is 0 Å². The van der Waals surface area contributed by atoms with Crippen LogP contribution in [-0.4, -0.2) is 7.11 Å². The standard InChI is InChI=1S/C14H14ClO2P/c1-16-12-7-8-13(14(9-12)18-15)17-10-11-5-3-2-4-6-11/h2-9,18H,10H2,1H3. The van der Waals surface area contributed by atoms with Gasteiger partial charge in [0.15, 0.2) is 0 Å². The second-order valence-corrected chi connectivity index (χ2v) is 5.03. The number of benzene rings is 2. The van der Waals surface area contributed by atoms with Crippen molar-refractivity contribution >= 4 is 24.5 Å². The quantitative estimate of drug-likeness (QED) is 0.777. The monoisotopic (exact) mass is 280 g/mol. The van der Waals surface area contributed by atoms with Crippen molar-refractivity contribution in [1.29, 1.82) is 0 Å². The van der Waals surface area contributed by atoms with Gasteiger partial charge in [0.1, 0.15) is 18.1 Å². The van der Waals surface area contributed by atoms with Crippen LogP contribution in [0.25, 0.3) is 0 Å². The second-order valence-electron chi connectivity index (χ2n) is 3.73. The molecule has 4 heteroatoms. The minimum absolute atomic E-state index is 0.163. The summed E-state index contributed by atoms with van der Waals surface area (Å²) in [6.07, 6.45) is 0. The van der Waals surface area contributed by atoms with Crippen LogP contribution in [0.2, 0.25) is 0 Å². The molecule has 94 valence electrons. The number of hydrogen-bond acceptors (Lipinski definition) is 2. The van der Waals surface area contributed by atoms with Gasteiger partial charge in [-0.3, -0.25) is 0 Å². The summed E-state index contributed by atoms with van der Waals surface area (Å²) in [6.45, 7) is 0.543. The smallest absolute Gasteiger partial charge is 0.128 e. The Morgan fingerprint density at radius 2 is 1.89 bits per heavy atom. The van der Waals surface area contributed by atoms with E-state index in [2.05, 4.69) is 0 Å². The molecule has 0 radical (unpaired) electrons. The van der Waals surface area contributed by atoms with E-state index in [4.69, 9.17) is 20.7 Å². The van der Waals surface area contributed by atoms with Crippen LogP contribution in [-0.2, 0) is 6.61 Å². The SMILES string of the molecule is COc1ccc(OCc2ccccc2)c(PCl)c1. The van der Waals surface area contributed by atoms with Gasteiger partial charge in [-0.15, -0.1) is 0 Å². The third kappa shape index (κ3) is 3.38. The van der Waals surface area contributed by atoms with Gasteiger partial charge in [0.25, 0.3) is 0 Å². The Kier molecular flexibility index (Phi) is 4.86. The van der Waals surface area contributed by atoms with Crippen LogP contribution in [0.5, 0.6) is 11.5 Å². The van der Waals surface area contributed by atoms with Gasteiger partial charge in [0, 0.05) is 13.2 Å². The lowest BCUT2D eigenvalue weighted by Crippen LogP contribution is -2.04. The van der Waals surface area contributed by atoms with Gasteiger partial charge in [-0.25, -0.2) is 0 Å². The molecule has 0 aliphatic rings. The zero-order valence-corrected chi connectivity index (χ0v) is 11.8. The van der Waals surface area contributed by atoms with Gasteiger partial charge in [0.05, 0.1) is 7.11 Å². The number of rotatable bonds is 5. The molecule has 2 aromatic carbocycles. The highest BCUT2D eigenvalue weighted by Crippen LogP contribution is 2.27. The van der Waals surface area contributed by atoms with Gasteiger partial charge in [0.2, 0.25) is 0 Å². The maximum Gasteiger partial charge on any atom is 0.128 e. The maximum absolute atomic E-state index is 5.93. The molecule has 0 saturated heterocycles. The predicted octanol–water partition coefficient (Wildman–Crippen LogP) is 3.73. The average Bonchev–Trinajstić information content (AvgIpc) is 2.46. The van der Waals surface area contributed by atoms with E-state index in [1.54, 1.807) is 7.11 Å². The number of ether oxygens (including phenoxy) is 2. The third-order valence-electron chi connectivity index (χ3n) is 2.53. The van der Waals surface area contributed by atoms with E-state index in [0.29, 0.717) is 6.61 Å². The van der Waals surface area contributed by atoms with Gasteiger partial charge < -0.3 is 9.47 Å². The first kappa shape index (κ1) is 13.2. The first-order chi connectivity index (χ1) is 8.83. The molecule has 0 aliphatic heterocycles. The van der Waals surface area contributed by atoms with Crippen molar-refractivity contribution in [2.45, 2.75) is 6.61 Å². The third-order valence-corrected chi connectivity index (χ3v) is 3.73. The van der Waals surface area contributed by atoms with Crippen LogP contribution in [0.3, 0.4) is 0 Å². The predicted molar refractivity (Wildman–Crippen MR) is 77.6 cm³/mol. The van der Waals surface area contributed by atoms with E-state index >= 15 is 0 Å². The second kappa shape index (κ2) is 6.63. The summed E-state index contributed by atoms with van der Waals surface area (Å²) < 4.78 is 10.9. The summed E-state index contributed by atoms with van der Waals surface area (Å²) in [5, 5.41) is 0.965. The molecule has 1 atom stereocenters. The molecule has 2 aromatic rings. The molecule has 0 aromatic heterocycles. The molecule has 0 N–H and O–H groups in total. The van der Waals surface area contributed by atoms with Crippen LogP contribution >= 0.6 is 19.2 Å². The molecule has 2 nitrogen and oxygen atoms in total. The van der Waals surface area contributed by atoms with Gasteiger partial charge in [-0.05, 0) is 23.8 Å². The van der Waals surface area contributed by atoms with Gasteiger partial charge >= 0.3 is 0 Å². The van der Waals surface area contributed by atoms with E-state index in [9.17, 15) is 0 Å². The van der Waals surface area contributed by atoms with Crippen LogP contribution in [0.4, 0.5) is 0 Å². The van der Waals surface area contributed by atoms with E-state index in [0.717, 1.165) is 22.4 Å². The largest absolute Gasteiger partial charge is 0.497 e. The zero-order valence-electron chi connectivity index (χ0n) is 10.0. The minimum atomic E-state index is 0.163. The van der Waals surface area contributed by atoms with E-state index in [-0.39, 0.29) is 7.93 Å². The molecular formula is C14H14ClO2P. The van der Waals surface area contributed by atoms with Crippen molar-refractivity contribution in [3.8, 4) is 11.5 Å². The molecule has 0 amide bonds. The Morgan fingerprint density at radius 3 is 2.56 bits per heavy atom. The Labute approximate surface area is 113 Å². The Bertz CT molecular complexity index is 502. The Balaban J connectivity index is 2.09. The van der Waals surface area contributed by atoms with Crippen molar-refractivity contribution in [1.82, 2.24) is 0 Å². The molecular weight excluding hydrogens is 267 g/mol. The lowest BCUT2D eigenvalue weighted by atomic mass is 10.2. The Hall–Kier alpha value is -1.24. The summed E-state index contributed by atoms with van der Waals surface area (Å²) >= 11 is 5.93. The summed E-state index contributed by atoms with van der Waals surface area (Å²) in [6, 6.07) is 15.7. The molecule has 0 aliphatic carbocycles. The highest BCUT2D eigenvalue weighted by molar-refractivity contribution is 7.75. The number of hydrogen-bond donors (Lipinski definition) is 0. The van der Waals surface area contributed by atoms with Crippen molar-refractivity contribution in [3.05, 3.63) is 54.1 Å². The fraction of sp³-hybridized carbons (Fsp3) is 0.143. The number of halogens is 1. The summed E-state index contributed by atoms with van der Waals surface area (Å²) in [4.78, 5) is 0. The molecule has 18 heavy (non-hydrogen) atoms. The van der Waals surface area contributed by atoms with Gasteiger partial charge in [-0.2, -0.15) is 0 Å². The minimum Gasteiger partial charge on any atom is -0.497 e. The first-order valence-corrected chi connectivity index (χ1v) is 7.56. The molecule has 0 bridgehead atoms. The maximum atomic E-state index is 5.93. The molecule has 2 rings (SSSR count). The molecule has 0 saturated carbocycles. The van der Waals surface area contributed by atoms with Crippen molar-refractivity contribution in [3.63, 3.8) is 0 Å². The van der Waals surface area contributed by atoms with Gasteiger partial charge in [-0.1, -0.05) is 41.6 Å². The van der Waals surface area contributed by atoms with Crippen molar-refractivity contribution in [2.24, 2.45) is 0 Å². The van der Waals surface area contributed by atoms with E-state index in [1.165, 1.54) is 0 Å². The molecule has 0 spiro atoms. The van der Waals surface area contributed by atoms with Crippen LogP contribution in [0, 0.1) is 0 Å². The summed E-state index contributed by atoms with van der Waals surface area (Å²) in [7, 11) is 1.80. The summed E-state index contributed by atoms with van der Waals surface area (Å²) in [5.74, 6) is 1.61. The molecule has 0 heterocycles. The fourth-order valence-electron chi connectivity index (χ4n) is 1.57. The topological polar surface area (TPSA) is 18.5 Å². The fourth-order valence-corrected chi connectivity index (χ4v) is 2.46. The van der Waals surface area contributed by atoms with E-state index in [1.807, 2.05) is 48.5 Å².